The minimum absolute atomic E-state index is 0.0800. The summed E-state index contributed by atoms with van der Waals surface area (Å²) in [5, 5.41) is 8.61. The summed E-state index contributed by atoms with van der Waals surface area (Å²) in [6.07, 6.45) is 0.0800. The quantitative estimate of drug-likeness (QED) is 0.840. The zero-order valence-electron chi connectivity index (χ0n) is 7.74. The van der Waals surface area contributed by atoms with E-state index in [0.29, 0.717) is 4.34 Å². The van der Waals surface area contributed by atoms with Crippen LogP contribution in [0, 0.1) is 5.92 Å². The van der Waals surface area contributed by atoms with Crippen LogP contribution in [0.4, 0.5) is 0 Å². The van der Waals surface area contributed by atoms with Gasteiger partial charge in [0.05, 0.1) is 4.34 Å². The first kappa shape index (κ1) is 11.5. The molecule has 2 unspecified atom stereocenters. The van der Waals surface area contributed by atoms with E-state index in [1.165, 1.54) is 11.3 Å². The van der Waals surface area contributed by atoms with E-state index in [2.05, 4.69) is 0 Å². The van der Waals surface area contributed by atoms with Crippen molar-refractivity contribution in [1.82, 2.24) is 0 Å². The van der Waals surface area contributed by atoms with Crippen LogP contribution in [0.2, 0.25) is 4.34 Å². The average molecular weight is 234 g/mol. The molecule has 1 aromatic heterocycles. The van der Waals surface area contributed by atoms with Gasteiger partial charge < -0.3 is 10.8 Å². The lowest BCUT2D eigenvalue weighted by Crippen LogP contribution is -2.20. The fourth-order valence-electron chi connectivity index (χ4n) is 1.19. The number of thiophene rings is 1. The molecule has 78 valence electrons. The van der Waals surface area contributed by atoms with Gasteiger partial charge in [-0.15, -0.1) is 11.3 Å². The molecule has 0 radical (unpaired) electrons. The number of halogens is 1. The number of rotatable bonds is 4. The highest BCUT2D eigenvalue weighted by Gasteiger charge is 2.19. The van der Waals surface area contributed by atoms with Crippen LogP contribution in [0.15, 0.2) is 12.1 Å². The zero-order valence-corrected chi connectivity index (χ0v) is 9.31. The Morgan fingerprint density at radius 3 is 2.79 bits per heavy atom. The number of hydrogen-bond donors (Lipinski definition) is 2. The number of carbonyl (C=O) groups is 1. The molecule has 1 aromatic rings. The lowest BCUT2D eigenvalue weighted by Gasteiger charge is -2.16. The number of hydrogen-bond acceptors (Lipinski definition) is 3. The molecule has 0 aliphatic carbocycles. The van der Waals surface area contributed by atoms with E-state index in [0.717, 1.165) is 4.88 Å². The summed E-state index contributed by atoms with van der Waals surface area (Å²) in [6, 6.07) is 3.37. The second-order valence-electron chi connectivity index (χ2n) is 3.24. The highest BCUT2D eigenvalue weighted by molar-refractivity contribution is 7.16. The number of carboxylic acid groups (broad SMARTS) is 1. The predicted octanol–water partition coefficient (Wildman–Crippen LogP) is 2.51. The molecule has 1 heterocycles. The van der Waals surface area contributed by atoms with Crippen molar-refractivity contribution in [1.29, 1.82) is 0 Å². The van der Waals surface area contributed by atoms with E-state index in [4.69, 9.17) is 22.4 Å². The average Bonchev–Trinajstić information content (AvgIpc) is 2.49. The Kier molecular flexibility index (Phi) is 3.92. The zero-order chi connectivity index (χ0) is 10.7. The molecule has 14 heavy (non-hydrogen) atoms. The second-order valence-corrected chi connectivity index (χ2v) is 4.99. The maximum Gasteiger partial charge on any atom is 0.303 e. The number of carboxylic acids is 1. The van der Waals surface area contributed by atoms with E-state index >= 15 is 0 Å². The molecule has 0 spiro atoms. The van der Waals surface area contributed by atoms with Crippen molar-refractivity contribution >= 4 is 28.9 Å². The van der Waals surface area contributed by atoms with Crippen LogP contribution in [0.25, 0.3) is 0 Å². The third-order valence-corrected chi connectivity index (χ3v) is 3.36. The summed E-state index contributed by atoms with van der Waals surface area (Å²) < 4.78 is 0.679. The Balaban J connectivity index is 2.65. The van der Waals surface area contributed by atoms with Gasteiger partial charge in [0.2, 0.25) is 0 Å². The number of nitrogens with two attached hydrogens (primary N) is 1. The first-order chi connectivity index (χ1) is 6.50. The predicted molar refractivity (Wildman–Crippen MR) is 57.7 cm³/mol. The lowest BCUT2D eigenvalue weighted by atomic mass is 9.98. The molecule has 3 N–H and O–H groups in total. The van der Waals surface area contributed by atoms with Gasteiger partial charge in [0, 0.05) is 17.3 Å². The van der Waals surface area contributed by atoms with E-state index in [1.54, 1.807) is 6.07 Å². The monoisotopic (exact) mass is 233 g/mol. The molecule has 0 saturated heterocycles. The standard InChI is InChI=1S/C9H12ClNO2S/c1-5(4-8(12)13)9(11)6-2-3-7(10)14-6/h2-3,5,9H,4,11H2,1H3,(H,12,13). The lowest BCUT2D eigenvalue weighted by molar-refractivity contribution is -0.138. The Bertz CT molecular complexity index is 326. The van der Waals surface area contributed by atoms with Gasteiger partial charge in [-0.2, -0.15) is 0 Å². The summed E-state index contributed by atoms with van der Waals surface area (Å²) >= 11 is 7.16. The normalized spacial score (nSPS) is 15.1. The summed E-state index contributed by atoms with van der Waals surface area (Å²) in [4.78, 5) is 11.4. The molecule has 0 saturated carbocycles. The van der Waals surface area contributed by atoms with Gasteiger partial charge in [0.15, 0.2) is 0 Å². The Morgan fingerprint density at radius 1 is 1.71 bits per heavy atom. The van der Waals surface area contributed by atoms with Crippen LogP contribution >= 0.6 is 22.9 Å². The van der Waals surface area contributed by atoms with Crippen LogP contribution in [0.1, 0.15) is 24.3 Å². The first-order valence-corrected chi connectivity index (χ1v) is 5.42. The van der Waals surface area contributed by atoms with Gasteiger partial charge in [-0.25, -0.2) is 0 Å². The van der Waals surface area contributed by atoms with Gasteiger partial charge in [-0.3, -0.25) is 4.79 Å². The van der Waals surface area contributed by atoms with Crippen LogP contribution in [0.5, 0.6) is 0 Å². The molecule has 0 bridgehead atoms. The summed E-state index contributed by atoms with van der Waals surface area (Å²) in [6.45, 7) is 1.83. The molecule has 0 fully saturated rings. The molecule has 2 atom stereocenters. The molecule has 0 aromatic carbocycles. The van der Waals surface area contributed by atoms with Crippen molar-refractivity contribution < 1.29 is 9.90 Å². The van der Waals surface area contributed by atoms with Crippen molar-refractivity contribution in [2.45, 2.75) is 19.4 Å². The summed E-state index contributed by atoms with van der Waals surface area (Å²) in [5.41, 5.74) is 5.89. The third-order valence-electron chi connectivity index (χ3n) is 2.03. The van der Waals surface area contributed by atoms with Crippen LogP contribution in [-0.4, -0.2) is 11.1 Å². The molecule has 0 aliphatic rings. The maximum atomic E-state index is 10.5. The summed E-state index contributed by atoms with van der Waals surface area (Å²) in [5.74, 6) is -0.905. The van der Waals surface area contributed by atoms with Gasteiger partial charge >= 0.3 is 5.97 Å². The molecular weight excluding hydrogens is 222 g/mol. The van der Waals surface area contributed by atoms with Crippen LogP contribution in [-0.2, 0) is 4.79 Å². The second kappa shape index (κ2) is 4.77. The maximum absolute atomic E-state index is 10.5. The minimum Gasteiger partial charge on any atom is -0.481 e. The fourth-order valence-corrected chi connectivity index (χ4v) is 2.39. The first-order valence-electron chi connectivity index (χ1n) is 4.23. The largest absolute Gasteiger partial charge is 0.481 e. The van der Waals surface area contributed by atoms with E-state index in [9.17, 15) is 4.79 Å². The number of aliphatic carboxylic acids is 1. The van der Waals surface area contributed by atoms with Gasteiger partial charge in [-0.05, 0) is 18.1 Å². The Labute approximate surface area is 91.5 Å². The van der Waals surface area contributed by atoms with E-state index in [1.807, 2.05) is 13.0 Å². The van der Waals surface area contributed by atoms with Crippen molar-refractivity contribution in [3.63, 3.8) is 0 Å². The minimum atomic E-state index is -0.824. The topological polar surface area (TPSA) is 63.3 Å². The summed E-state index contributed by atoms with van der Waals surface area (Å²) in [7, 11) is 0. The SMILES string of the molecule is CC(CC(=O)O)C(N)c1ccc(Cl)s1. The molecule has 5 heteroatoms. The van der Waals surface area contributed by atoms with Crippen LogP contribution in [0.3, 0.4) is 0 Å². The Morgan fingerprint density at radius 2 is 2.36 bits per heavy atom. The van der Waals surface area contributed by atoms with E-state index < -0.39 is 5.97 Å². The van der Waals surface area contributed by atoms with Crippen LogP contribution < -0.4 is 5.73 Å². The van der Waals surface area contributed by atoms with Crippen molar-refractivity contribution in [2.24, 2.45) is 11.7 Å². The highest BCUT2D eigenvalue weighted by atomic mass is 35.5. The van der Waals surface area contributed by atoms with Crippen molar-refractivity contribution in [2.75, 3.05) is 0 Å². The molecule has 3 nitrogen and oxygen atoms in total. The molecule has 1 rings (SSSR count). The smallest absolute Gasteiger partial charge is 0.303 e. The Hall–Kier alpha value is -0.580. The third kappa shape index (κ3) is 2.97. The highest BCUT2D eigenvalue weighted by Crippen LogP contribution is 2.30. The van der Waals surface area contributed by atoms with Crippen molar-refractivity contribution in [3.05, 3.63) is 21.3 Å². The van der Waals surface area contributed by atoms with Crippen molar-refractivity contribution in [3.8, 4) is 0 Å². The van der Waals surface area contributed by atoms with Gasteiger partial charge in [0.1, 0.15) is 0 Å². The molecule has 0 amide bonds. The van der Waals surface area contributed by atoms with Gasteiger partial charge in [0.25, 0.3) is 0 Å². The van der Waals surface area contributed by atoms with E-state index in [-0.39, 0.29) is 18.4 Å². The molecule has 0 aliphatic heterocycles. The molecular formula is C9H12ClNO2S. The fraction of sp³-hybridized carbons (Fsp3) is 0.444. The van der Waals surface area contributed by atoms with Gasteiger partial charge in [-0.1, -0.05) is 18.5 Å².